The average Bonchev–Trinajstić information content (AvgIpc) is 2.29. The molecule has 0 spiro atoms. The van der Waals surface area contributed by atoms with Gasteiger partial charge < -0.3 is 10.2 Å². The Morgan fingerprint density at radius 1 is 1.30 bits per heavy atom. The summed E-state index contributed by atoms with van der Waals surface area (Å²) in [6, 6.07) is 1.78. The number of nitrogens with one attached hydrogen (secondary N) is 1. The Hall–Kier alpha value is -0.860. The maximum atomic E-state index is 12.2. The molecule has 20 heavy (non-hydrogen) atoms. The van der Waals surface area contributed by atoms with Gasteiger partial charge in [-0.3, -0.25) is 0 Å². The minimum atomic E-state index is -3.99. The molecule has 0 radical (unpaired) electrons. The topological polar surface area (TPSA) is 104 Å². The van der Waals surface area contributed by atoms with Crippen LogP contribution in [0.15, 0.2) is 17.0 Å². The van der Waals surface area contributed by atoms with Crippen LogP contribution < -0.4 is 4.72 Å². The van der Waals surface area contributed by atoms with Crippen molar-refractivity contribution >= 4 is 39.2 Å². The lowest BCUT2D eigenvalue weighted by Crippen LogP contribution is -2.46. The van der Waals surface area contributed by atoms with Gasteiger partial charge in [-0.25, -0.2) is 17.9 Å². The van der Waals surface area contributed by atoms with Crippen molar-refractivity contribution in [3.8, 4) is 0 Å². The van der Waals surface area contributed by atoms with Gasteiger partial charge in [0.25, 0.3) is 0 Å². The molecule has 1 saturated carbocycles. The molecule has 2 rings (SSSR count). The number of aliphatic hydroxyl groups is 1. The number of carboxylic acid groups (broad SMARTS) is 1. The molecule has 110 valence electrons. The van der Waals surface area contributed by atoms with Gasteiger partial charge in [0.1, 0.15) is 4.90 Å². The second kappa shape index (κ2) is 5.50. The third-order valence-electron chi connectivity index (χ3n) is 2.96. The molecule has 0 saturated heterocycles. The average molecular weight is 340 g/mol. The lowest BCUT2D eigenvalue weighted by molar-refractivity contribution is 0.0695. The molecule has 1 fully saturated rings. The fourth-order valence-electron chi connectivity index (χ4n) is 1.88. The van der Waals surface area contributed by atoms with Crippen LogP contribution in [0.1, 0.15) is 23.2 Å². The van der Waals surface area contributed by atoms with Gasteiger partial charge >= 0.3 is 5.97 Å². The SMILES string of the molecule is O=C(O)c1cc(Cl)cc(S(=O)(=O)NC2CC(O)C2)c1Cl. The fourth-order valence-corrected chi connectivity index (χ4v) is 4.05. The summed E-state index contributed by atoms with van der Waals surface area (Å²) in [5.74, 6) is -1.37. The van der Waals surface area contributed by atoms with E-state index < -0.39 is 33.2 Å². The zero-order valence-corrected chi connectivity index (χ0v) is 12.3. The van der Waals surface area contributed by atoms with E-state index in [9.17, 15) is 13.2 Å². The van der Waals surface area contributed by atoms with Crippen LogP contribution in [0.3, 0.4) is 0 Å². The van der Waals surface area contributed by atoms with Crippen molar-refractivity contribution in [3.63, 3.8) is 0 Å². The van der Waals surface area contributed by atoms with Crippen molar-refractivity contribution in [2.45, 2.75) is 29.9 Å². The van der Waals surface area contributed by atoms with Gasteiger partial charge in [-0.05, 0) is 25.0 Å². The Bertz CT molecular complexity index is 655. The van der Waals surface area contributed by atoms with Gasteiger partial charge in [-0.1, -0.05) is 23.2 Å². The first kappa shape index (κ1) is 15.5. The number of hydrogen-bond donors (Lipinski definition) is 3. The maximum absolute atomic E-state index is 12.2. The normalized spacial score (nSPS) is 22.4. The number of rotatable bonds is 4. The third-order valence-corrected chi connectivity index (χ3v) is 5.24. The molecular weight excluding hydrogens is 329 g/mol. The van der Waals surface area contributed by atoms with Crippen molar-refractivity contribution in [1.29, 1.82) is 0 Å². The van der Waals surface area contributed by atoms with Crippen molar-refractivity contribution in [1.82, 2.24) is 4.72 Å². The van der Waals surface area contributed by atoms with Gasteiger partial charge in [0, 0.05) is 11.1 Å². The van der Waals surface area contributed by atoms with E-state index in [0.717, 1.165) is 12.1 Å². The standard InChI is InChI=1S/C11H11Cl2NO5S/c12-5-1-8(11(16)17)10(13)9(2-5)20(18,19)14-6-3-7(15)4-6/h1-2,6-7,14-15H,3-4H2,(H,16,17). The van der Waals surface area contributed by atoms with E-state index >= 15 is 0 Å². The molecule has 0 atom stereocenters. The number of hydrogen-bond acceptors (Lipinski definition) is 4. The Balaban J connectivity index is 2.38. The molecule has 1 aliphatic rings. The summed E-state index contributed by atoms with van der Waals surface area (Å²) in [5.41, 5.74) is -0.381. The molecule has 0 aromatic heterocycles. The Morgan fingerprint density at radius 2 is 1.90 bits per heavy atom. The molecule has 9 heteroatoms. The minimum absolute atomic E-state index is 0.0409. The molecule has 3 N–H and O–H groups in total. The summed E-state index contributed by atoms with van der Waals surface area (Å²) in [4.78, 5) is 10.6. The summed E-state index contributed by atoms with van der Waals surface area (Å²) >= 11 is 11.6. The van der Waals surface area contributed by atoms with Crippen LogP contribution in [0.2, 0.25) is 10.0 Å². The molecule has 0 aliphatic heterocycles. The van der Waals surface area contributed by atoms with E-state index in [0.29, 0.717) is 12.8 Å². The summed E-state index contributed by atoms with van der Waals surface area (Å²) in [6.07, 6.45) is 0.0963. The molecule has 1 aliphatic carbocycles. The molecular formula is C11H11Cl2NO5S. The lowest BCUT2D eigenvalue weighted by atomic mass is 9.91. The van der Waals surface area contributed by atoms with Gasteiger partial charge in [-0.15, -0.1) is 0 Å². The van der Waals surface area contributed by atoms with Gasteiger partial charge in [0.2, 0.25) is 10.0 Å². The maximum Gasteiger partial charge on any atom is 0.337 e. The predicted octanol–water partition coefficient (Wildman–Crippen LogP) is 1.49. The summed E-state index contributed by atoms with van der Waals surface area (Å²) in [7, 11) is -3.99. The van der Waals surface area contributed by atoms with E-state index in [1.807, 2.05) is 0 Å². The molecule has 0 unspecified atom stereocenters. The van der Waals surface area contributed by atoms with Gasteiger partial charge in [-0.2, -0.15) is 0 Å². The van der Waals surface area contributed by atoms with E-state index in [2.05, 4.69) is 4.72 Å². The monoisotopic (exact) mass is 339 g/mol. The second-order valence-electron chi connectivity index (χ2n) is 4.51. The van der Waals surface area contributed by atoms with Crippen LogP contribution in [-0.2, 0) is 10.0 Å². The van der Waals surface area contributed by atoms with Crippen molar-refractivity contribution in [3.05, 3.63) is 27.7 Å². The first-order chi connectivity index (χ1) is 9.20. The number of benzene rings is 1. The van der Waals surface area contributed by atoms with E-state index in [-0.39, 0.29) is 15.5 Å². The first-order valence-corrected chi connectivity index (χ1v) is 7.87. The van der Waals surface area contributed by atoms with Crippen LogP contribution in [0, 0.1) is 0 Å². The van der Waals surface area contributed by atoms with Crippen molar-refractivity contribution < 1.29 is 23.4 Å². The third kappa shape index (κ3) is 3.07. The highest BCUT2D eigenvalue weighted by molar-refractivity contribution is 7.89. The summed E-state index contributed by atoms with van der Waals surface area (Å²) in [6.45, 7) is 0. The first-order valence-electron chi connectivity index (χ1n) is 5.63. The number of halogens is 2. The highest BCUT2D eigenvalue weighted by Crippen LogP contribution is 2.31. The summed E-state index contributed by atoms with van der Waals surface area (Å²) < 4.78 is 26.7. The van der Waals surface area contributed by atoms with Crippen molar-refractivity contribution in [2.75, 3.05) is 0 Å². The fraction of sp³-hybridized carbons (Fsp3) is 0.364. The summed E-state index contributed by atoms with van der Waals surface area (Å²) in [5, 5.41) is 17.7. The van der Waals surface area contributed by atoms with Gasteiger partial charge in [0.15, 0.2) is 0 Å². The molecule has 0 amide bonds. The number of aromatic carboxylic acids is 1. The Labute approximate surface area is 125 Å². The highest BCUT2D eigenvalue weighted by Gasteiger charge is 2.33. The number of carbonyl (C=O) groups is 1. The molecule has 1 aromatic rings. The Kier molecular flexibility index (Phi) is 4.27. The zero-order chi connectivity index (χ0) is 15.1. The smallest absolute Gasteiger partial charge is 0.337 e. The zero-order valence-electron chi connectivity index (χ0n) is 10.0. The van der Waals surface area contributed by atoms with Crippen LogP contribution >= 0.6 is 23.2 Å². The second-order valence-corrected chi connectivity index (χ2v) is 7.01. The van der Waals surface area contributed by atoms with Crippen LogP contribution in [-0.4, -0.2) is 36.7 Å². The number of carboxylic acids is 1. The number of sulfonamides is 1. The minimum Gasteiger partial charge on any atom is -0.478 e. The number of aliphatic hydroxyl groups excluding tert-OH is 1. The van der Waals surface area contributed by atoms with Crippen LogP contribution in [0.4, 0.5) is 0 Å². The quantitative estimate of drug-likeness (QED) is 0.771. The molecule has 0 heterocycles. The molecule has 1 aromatic carbocycles. The Morgan fingerprint density at radius 3 is 2.40 bits per heavy atom. The van der Waals surface area contributed by atoms with Crippen molar-refractivity contribution in [2.24, 2.45) is 0 Å². The van der Waals surface area contributed by atoms with E-state index in [1.165, 1.54) is 0 Å². The molecule has 6 nitrogen and oxygen atoms in total. The van der Waals surface area contributed by atoms with E-state index in [1.54, 1.807) is 0 Å². The van der Waals surface area contributed by atoms with Gasteiger partial charge in [0.05, 0.1) is 16.7 Å². The lowest BCUT2D eigenvalue weighted by Gasteiger charge is -2.31. The largest absolute Gasteiger partial charge is 0.478 e. The highest BCUT2D eigenvalue weighted by atomic mass is 35.5. The van der Waals surface area contributed by atoms with E-state index in [4.69, 9.17) is 33.4 Å². The van der Waals surface area contributed by atoms with Crippen LogP contribution in [0.5, 0.6) is 0 Å². The molecule has 0 bridgehead atoms. The van der Waals surface area contributed by atoms with Crippen LogP contribution in [0.25, 0.3) is 0 Å². The predicted molar refractivity (Wildman–Crippen MR) is 72.8 cm³/mol.